The van der Waals surface area contributed by atoms with Crippen LogP contribution in [0, 0.1) is 26.1 Å². The third kappa shape index (κ3) is 3.58. The van der Waals surface area contributed by atoms with E-state index in [2.05, 4.69) is 10.7 Å². The molecule has 0 bridgehead atoms. The maximum atomic E-state index is 11.4. The number of nitro groups is 2. The number of amides is 1. The van der Waals surface area contributed by atoms with Crippen molar-refractivity contribution in [3.05, 3.63) is 32.4 Å². The predicted octanol–water partition coefficient (Wildman–Crippen LogP) is 0.710. The van der Waals surface area contributed by atoms with Crippen molar-refractivity contribution < 1.29 is 14.6 Å². The van der Waals surface area contributed by atoms with Gasteiger partial charge in [-0.3, -0.25) is 30.9 Å². The second kappa shape index (κ2) is 6.67. The number of carbonyl (C=O) groups excluding carboxylic acids is 1. The Kier molecular flexibility index (Phi) is 5.18. The summed E-state index contributed by atoms with van der Waals surface area (Å²) in [5, 5.41) is 24.6. The molecule has 1 aromatic carbocycles. The molecule has 0 radical (unpaired) electrons. The van der Waals surface area contributed by atoms with Crippen LogP contribution in [0.2, 0.25) is 0 Å². The van der Waals surface area contributed by atoms with Crippen LogP contribution in [0.3, 0.4) is 0 Å². The van der Waals surface area contributed by atoms with Crippen LogP contribution in [0.15, 0.2) is 12.1 Å². The Morgan fingerprint density at radius 2 is 1.64 bits per heavy atom. The number of nitro benzene ring substituents is 2. The smallest absolute Gasteiger partial charge is 0.300 e. The highest BCUT2D eigenvalue weighted by atomic mass is 16.6. The number of nitrogens with two attached hydrogens (primary N) is 2. The zero-order chi connectivity index (χ0) is 17.0. The highest BCUT2D eigenvalue weighted by Crippen LogP contribution is 2.36. The van der Waals surface area contributed by atoms with E-state index in [1.807, 2.05) is 0 Å². The van der Waals surface area contributed by atoms with Crippen LogP contribution in [0.5, 0.6) is 0 Å². The van der Waals surface area contributed by atoms with E-state index >= 15 is 0 Å². The van der Waals surface area contributed by atoms with Gasteiger partial charge in [-0.1, -0.05) is 13.8 Å². The van der Waals surface area contributed by atoms with Crippen LogP contribution in [0.25, 0.3) is 0 Å². The first kappa shape index (κ1) is 17.1. The Balaban J connectivity index is 3.42. The molecule has 0 unspecified atom stereocenters. The second-order valence-electron chi connectivity index (χ2n) is 4.81. The first-order valence-corrected chi connectivity index (χ1v) is 6.18. The first-order chi connectivity index (χ1) is 10.2. The monoisotopic (exact) mass is 312 g/mol. The fourth-order valence-electron chi connectivity index (χ4n) is 1.84. The number of benzene rings is 1. The summed E-state index contributed by atoms with van der Waals surface area (Å²) in [6, 6.07) is 0.968. The van der Waals surface area contributed by atoms with Gasteiger partial charge in [-0.25, -0.2) is 0 Å². The van der Waals surface area contributed by atoms with Crippen LogP contribution in [-0.4, -0.2) is 21.8 Å². The number of primary amides is 1. The minimum Gasteiger partial charge on any atom is -0.368 e. The van der Waals surface area contributed by atoms with Gasteiger partial charge in [-0.05, 0) is 12.0 Å². The van der Waals surface area contributed by atoms with Gasteiger partial charge in [0.05, 0.1) is 15.9 Å². The molecular formula is C11H16N6O5. The van der Waals surface area contributed by atoms with E-state index in [-0.39, 0.29) is 17.3 Å². The standard InChI is InChI=1S/C11H16N6O5/c1-5(2)10(11(12)18)14-6-3-7(15-13)9(17(21)22)4-8(6)16(19)20/h3-5,10,14-15H,13H2,1-2H3,(H2,12,18)/t10-/m0/s1. The van der Waals surface area contributed by atoms with Crippen molar-refractivity contribution in [2.24, 2.45) is 17.5 Å². The zero-order valence-corrected chi connectivity index (χ0v) is 11.9. The molecule has 0 aliphatic heterocycles. The highest BCUT2D eigenvalue weighted by molar-refractivity contribution is 5.85. The largest absolute Gasteiger partial charge is 0.368 e. The van der Waals surface area contributed by atoms with Crippen molar-refractivity contribution in [3.63, 3.8) is 0 Å². The van der Waals surface area contributed by atoms with Gasteiger partial charge in [-0.2, -0.15) is 0 Å². The summed E-state index contributed by atoms with van der Waals surface area (Å²) in [6.45, 7) is 3.39. The molecule has 120 valence electrons. The summed E-state index contributed by atoms with van der Waals surface area (Å²) in [7, 11) is 0. The Bertz CT molecular complexity index is 617. The average Bonchev–Trinajstić information content (AvgIpc) is 2.42. The summed E-state index contributed by atoms with van der Waals surface area (Å²) >= 11 is 0. The molecule has 11 heteroatoms. The lowest BCUT2D eigenvalue weighted by atomic mass is 10.0. The summed E-state index contributed by atoms with van der Waals surface area (Å²) in [5.74, 6) is 4.24. The molecule has 0 fully saturated rings. The van der Waals surface area contributed by atoms with E-state index < -0.39 is 33.2 Å². The van der Waals surface area contributed by atoms with E-state index in [0.29, 0.717) is 0 Å². The number of nitrogens with zero attached hydrogens (tertiary/aromatic N) is 2. The lowest BCUT2D eigenvalue weighted by molar-refractivity contribution is -0.393. The van der Waals surface area contributed by atoms with Gasteiger partial charge in [0.2, 0.25) is 5.91 Å². The topological polar surface area (TPSA) is 179 Å². The average molecular weight is 312 g/mol. The zero-order valence-electron chi connectivity index (χ0n) is 11.9. The molecule has 1 aromatic rings. The minimum absolute atomic E-state index is 0.0962. The molecule has 0 saturated carbocycles. The number of hydrogen-bond acceptors (Lipinski definition) is 8. The third-order valence-corrected chi connectivity index (χ3v) is 2.95. The normalized spacial score (nSPS) is 11.8. The number of nitrogens with one attached hydrogen (secondary N) is 2. The minimum atomic E-state index is -0.884. The number of rotatable bonds is 7. The molecule has 11 nitrogen and oxygen atoms in total. The highest BCUT2D eigenvalue weighted by Gasteiger charge is 2.28. The molecule has 0 aromatic heterocycles. The van der Waals surface area contributed by atoms with E-state index in [9.17, 15) is 25.0 Å². The first-order valence-electron chi connectivity index (χ1n) is 6.18. The van der Waals surface area contributed by atoms with Crippen molar-refractivity contribution in [2.75, 3.05) is 10.7 Å². The lowest BCUT2D eigenvalue weighted by Gasteiger charge is -2.20. The molecule has 0 aliphatic rings. The Labute approximate surface area is 124 Å². The van der Waals surface area contributed by atoms with Gasteiger partial charge >= 0.3 is 5.69 Å². The van der Waals surface area contributed by atoms with Crippen LogP contribution in [0.4, 0.5) is 22.7 Å². The van der Waals surface area contributed by atoms with Crippen molar-refractivity contribution in [1.82, 2.24) is 0 Å². The van der Waals surface area contributed by atoms with Crippen molar-refractivity contribution in [1.29, 1.82) is 0 Å². The quantitative estimate of drug-likeness (QED) is 0.322. The van der Waals surface area contributed by atoms with Gasteiger partial charge < -0.3 is 16.5 Å². The van der Waals surface area contributed by atoms with Crippen LogP contribution in [0.1, 0.15) is 13.8 Å². The number of hydrogen-bond donors (Lipinski definition) is 4. The number of hydrazine groups is 1. The maximum Gasteiger partial charge on any atom is 0.300 e. The lowest BCUT2D eigenvalue weighted by Crippen LogP contribution is -2.39. The number of anilines is 2. The fourth-order valence-corrected chi connectivity index (χ4v) is 1.84. The summed E-state index contributed by atoms with van der Waals surface area (Å²) in [5.41, 5.74) is 5.99. The van der Waals surface area contributed by atoms with Crippen molar-refractivity contribution >= 4 is 28.7 Å². The molecule has 6 N–H and O–H groups in total. The van der Waals surface area contributed by atoms with Gasteiger partial charge in [0, 0.05) is 0 Å². The van der Waals surface area contributed by atoms with Gasteiger partial charge in [-0.15, -0.1) is 0 Å². The van der Waals surface area contributed by atoms with E-state index in [1.54, 1.807) is 13.8 Å². The van der Waals surface area contributed by atoms with Crippen LogP contribution >= 0.6 is 0 Å². The maximum absolute atomic E-state index is 11.4. The molecule has 0 saturated heterocycles. The molecule has 0 aliphatic carbocycles. The van der Waals surface area contributed by atoms with Gasteiger partial charge in [0.1, 0.15) is 17.4 Å². The molecule has 0 spiro atoms. The van der Waals surface area contributed by atoms with Crippen LogP contribution < -0.4 is 22.3 Å². The number of carbonyl (C=O) groups is 1. The molecule has 22 heavy (non-hydrogen) atoms. The summed E-state index contributed by atoms with van der Waals surface area (Å²) in [4.78, 5) is 31.8. The van der Waals surface area contributed by atoms with Crippen molar-refractivity contribution in [2.45, 2.75) is 19.9 Å². The molecule has 0 heterocycles. The molecule has 1 rings (SSSR count). The number of nitrogen functional groups attached to an aromatic ring is 1. The fraction of sp³-hybridized carbons (Fsp3) is 0.364. The third-order valence-electron chi connectivity index (χ3n) is 2.95. The Morgan fingerprint density at radius 1 is 1.14 bits per heavy atom. The van der Waals surface area contributed by atoms with E-state index in [1.165, 1.54) is 0 Å². The second-order valence-corrected chi connectivity index (χ2v) is 4.81. The van der Waals surface area contributed by atoms with Gasteiger partial charge in [0.15, 0.2) is 0 Å². The molecule has 1 atom stereocenters. The van der Waals surface area contributed by atoms with Crippen molar-refractivity contribution in [3.8, 4) is 0 Å². The molecular weight excluding hydrogens is 296 g/mol. The van der Waals surface area contributed by atoms with E-state index in [0.717, 1.165) is 12.1 Å². The van der Waals surface area contributed by atoms with E-state index in [4.69, 9.17) is 11.6 Å². The van der Waals surface area contributed by atoms with Crippen LogP contribution in [-0.2, 0) is 4.79 Å². The van der Waals surface area contributed by atoms with Gasteiger partial charge in [0.25, 0.3) is 5.69 Å². The molecule has 1 amide bonds. The summed E-state index contributed by atoms with van der Waals surface area (Å²) < 4.78 is 0. The summed E-state index contributed by atoms with van der Waals surface area (Å²) in [6.07, 6.45) is 0. The predicted molar refractivity (Wildman–Crippen MR) is 79.0 cm³/mol. The Morgan fingerprint density at radius 3 is 2.00 bits per heavy atom. The SMILES string of the molecule is CC(C)[C@H](Nc1cc(NN)c([N+](=O)[O-])cc1[N+](=O)[O-])C(N)=O. The Hall–Kier alpha value is -2.95.